The molecule has 2 N–H and O–H groups in total. The highest BCUT2D eigenvalue weighted by Crippen LogP contribution is 2.22. The van der Waals surface area contributed by atoms with Crippen molar-refractivity contribution in [1.82, 2.24) is 20.4 Å². The lowest BCUT2D eigenvalue weighted by atomic mass is 9.84. The molecule has 2 rings (SSSR count). The SMILES string of the molecule is CCc1nn(C)c(CC)c1CNC(=NC)NCC(C)(C)c1cccc(F)c1. The fourth-order valence-electron chi connectivity index (χ4n) is 3.30. The fraction of sp³-hybridized carbons (Fsp3) is 0.524. The summed E-state index contributed by atoms with van der Waals surface area (Å²) in [5, 5.41) is 11.4. The minimum atomic E-state index is -0.225. The maximum Gasteiger partial charge on any atom is 0.191 e. The summed E-state index contributed by atoms with van der Waals surface area (Å²) in [5.41, 5.74) is 4.35. The third kappa shape index (κ3) is 5.08. The molecule has 0 bridgehead atoms. The number of nitrogens with zero attached hydrogens (tertiary/aromatic N) is 3. The molecule has 0 unspecified atom stereocenters. The third-order valence-corrected chi connectivity index (χ3v) is 4.99. The van der Waals surface area contributed by atoms with Crippen LogP contribution >= 0.6 is 0 Å². The Balaban J connectivity index is 2.03. The van der Waals surface area contributed by atoms with Crippen molar-refractivity contribution < 1.29 is 4.39 Å². The van der Waals surface area contributed by atoms with Crippen LogP contribution in [0, 0.1) is 5.82 Å². The van der Waals surface area contributed by atoms with E-state index in [4.69, 9.17) is 0 Å². The summed E-state index contributed by atoms with van der Waals surface area (Å²) >= 11 is 0. The molecule has 0 radical (unpaired) electrons. The van der Waals surface area contributed by atoms with E-state index in [1.807, 2.05) is 17.8 Å². The summed E-state index contributed by atoms with van der Waals surface area (Å²) < 4.78 is 15.5. The van der Waals surface area contributed by atoms with Crippen LogP contribution in [0.15, 0.2) is 29.3 Å². The Kier molecular flexibility index (Phi) is 6.99. The average molecular weight is 374 g/mol. The number of hydrogen-bond donors (Lipinski definition) is 2. The number of rotatable bonds is 7. The highest BCUT2D eigenvalue weighted by atomic mass is 19.1. The molecule has 6 heteroatoms. The smallest absolute Gasteiger partial charge is 0.191 e. The van der Waals surface area contributed by atoms with Gasteiger partial charge in [-0.15, -0.1) is 0 Å². The van der Waals surface area contributed by atoms with E-state index in [9.17, 15) is 4.39 Å². The van der Waals surface area contributed by atoms with Crippen molar-refractivity contribution in [3.63, 3.8) is 0 Å². The molecular formula is C21H32FN5. The summed E-state index contributed by atoms with van der Waals surface area (Å²) in [7, 11) is 3.76. The molecule has 0 spiro atoms. The van der Waals surface area contributed by atoms with Crippen LogP contribution in [0.2, 0.25) is 0 Å². The molecule has 0 aliphatic heterocycles. The van der Waals surface area contributed by atoms with E-state index in [0.717, 1.165) is 30.1 Å². The molecule has 148 valence electrons. The second-order valence-electron chi connectivity index (χ2n) is 7.38. The minimum absolute atomic E-state index is 0.209. The molecular weight excluding hydrogens is 341 g/mol. The number of aromatic nitrogens is 2. The van der Waals surface area contributed by atoms with Crippen LogP contribution in [0.3, 0.4) is 0 Å². The van der Waals surface area contributed by atoms with Crippen LogP contribution in [0.25, 0.3) is 0 Å². The topological polar surface area (TPSA) is 54.2 Å². The van der Waals surface area contributed by atoms with Crippen molar-refractivity contribution in [2.24, 2.45) is 12.0 Å². The molecule has 5 nitrogen and oxygen atoms in total. The second kappa shape index (κ2) is 9.02. The first kappa shape index (κ1) is 20.9. The van der Waals surface area contributed by atoms with Gasteiger partial charge in [0.05, 0.1) is 5.69 Å². The van der Waals surface area contributed by atoms with Gasteiger partial charge in [0.25, 0.3) is 0 Å². The van der Waals surface area contributed by atoms with Gasteiger partial charge in [-0.05, 0) is 30.5 Å². The molecule has 0 aliphatic rings. The standard InChI is InChI=1S/C21H32FN5/c1-7-18-17(19(8-2)27(6)26-18)13-24-20(23-5)25-14-21(3,4)15-10-9-11-16(22)12-15/h9-12H,7-8,13-14H2,1-6H3,(H2,23,24,25). The lowest BCUT2D eigenvalue weighted by molar-refractivity contribution is 0.503. The number of guanidine groups is 1. The van der Waals surface area contributed by atoms with Gasteiger partial charge >= 0.3 is 0 Å². The van der Waals surface area contributed by atoms with E-state index < -0.39 is 0 Å². The molecule has 0 fully saturated rings. The lowest BCUT2D eigenvalue weighted by Crippen LogP contribution is -2.43. The Morgan fingerprint density at radius 2 is 1.96 bits per heavy atom. The van der Waals surface area contributed by atoms with E-state index in [0.29, 0.717) is 13.1 Å². The Hall–Kier alpha value is -2.37. The van der Waals surface area contributed by atoms with Crippen LogP contribution in [-0.2, 0) is 31.8 Å². The normalized spacial score (nSPS) is 12.3. The molecule has 0 saturated carbocycles. The summed E-state index contributed by atoms with van der Waals surface area (Å²) in [4.78, 5) is 4.33. The Morgan fingerprint density at radius 1 is 1.22 bits per heavy atom. The van der Waals surface area contributed by atoms with E-state index in [2.05, 4.69) is 48.4 Å². The van der Waals surface area contributed by atoms with Crippen molar-refractivity contribution in [1.29, 1.82) is 0 Å². The van der Waals surface area contributed by atoms with Crippen molar-refractivity contribution in [3.05, 3.63) is 52.6 Å². The molecule has 0 saturated heterocycles. The van der Waals surface area contributed by atoms with Gasteiger partial charge in [-0.25, -0.2) is 4.39 Å². The first-order chi connectivity index (χ1) is 12.8. The number of halogens is 1. The van der Waals surface area contributed by atoms with E-state index in [-0.39, 0.29) is 11.2 Å². The monoisotopic (exact) mass is 373 g/mol. The molecule has 1 heterocycles. The van der Waals surface area contributed by atoms with Crippen LogP contribution < -0.4 is 10.6 Å². The molecule has 27 heavy (non-hydrogen) atoms. The van der Waals surface area contributed by atoms with E-state index in [1.54, 1.807) is 19.2 Å². The highest BCUT2D eigenvalue weighted by Gasteiger charge is 2.21. The fourth-order valence-corrected chi connectivity index (χ4v) is 3.30. The minimum Gasteiger partial charge on any atom is -0.356 e. The molecule has 0 atom stereocenters. The lowest BCUT2D eigenvalue weighted by Gasteiger charge is -2.27. The number of aryl methyl sites for hydroxylation is 2. The number of benzene rings is 1. The van der Waals surface area contributed by atoms with Gasteiger partial charge in [0, 0.05) is 43.9 Å². The predicted molar refractivity (Wildman–Crippen MR) is 110 cm³/mol. The number of aliphatic imine (C=N–C) groups is 1. The second-order valence-corrected chi connectivity index (χ2v) is 7.38. The van der Waals surface area contributed by atoms with Gasteiger partial charge in [-0.3, -0.25) is 9.67 Å². The zero-order valence-electron chi connectivity index (χ0n) is 17.4. The maximum absolute atomic E-state index is 13.6. The van der Waals surface area contributed by atoms with E-state index in [1.165, 1.54) is 17.3 Å². The summed E-state index contributed by atoms with van der Waals surface area (Å²) in [5.74, 6) is 0.520. The van der Waals surface area contributed by atoms with Gasteiger partial charge in [0.2, 0.25) is 0 Å². The van der Waals surface area contributed by atoms with Crippen LogP contribution in [-0.4, -0.2) is 29.3 Å². The summed E-state index contributed by atoms with van der Waals surface area (Å²) in [6.07, 6.45) is 1.85. The van der Waals surface area contributed by atoms with Gasteiger partial charge in [0.15, 0.2) is 5.96 Å². The number of hydrogen-bond acceptors (Lipinski definition) is 2. The van der Waals surface area contributed by atoms with Gasteiger partial charge in [-0.1, -0.05) is 39.8 Å². The molecule has 1 aromatic heterocycles. The van der Waals surface area contributed by atoms with Crippen molar-refractivity contribution in [2.75, 3.05) is 13.6 Å². The largest absolute Gasteiger partial charge is 0.356 e. The van der Waals surface area contributed by atoms with Crippen molar-refractivity contribution >= 4 is 5.96 Å². The molecule has 1 aromatic carbocycles. The van der Waals surface area contributed by atoms with Gasteiger partial charge < -0.3 is 10.6 Å². The van der Waals surface area contributed by atoms with Gasteiger partial charge in [-0.2, -0.15) is 5.10 Å². The molecule has 2 aromatic rings. The van der Waals surface area contributed by atoms with Crippen molar-refractivity contribution in [3.8, 4) is 0 Å². The number of nitrogens with one attached hydrogen (secondary N) is 2. The molecule has 0 amide bonds. The first-order valence-electron chi connectivity index (χ1n) is 9.56. The average Bonchev–Trinajstić information content (AvgIpc) is 2.96. The van der Waals surface area contributed by atoms with Crippen LogP contribution in [0.4, 0.5) is 4.39 Å². The molecule has 0 aliphatic carbocycles. The summed E-state index contributed by atoms with van der Waals surface area (Å²) in [6.45, 7) is 9.78. The summed E-state index contributed by atoms with van der Waals surface area (Å²) in [6, 6.07) is 6.77. The Labute approximate surface area is 162 Å². The maximum atomic E-state index is 13.6. The Bertz CT molecular complexity index is 792. The van der Waals surface area contributed by atoms with Crippen molar-refractivity contribution in [2.45, 2.75) is 52.5 Å². The predicted octanol–water partition coefficient (Wildman–Crippen LogP) is 3.33. The Morgan fingerprint density at radius 3 is 2.56 bits per heavy atom. The zero-order valence-corrected chi connectivity index (χ0v) is 17.4. The zero-order chi connectivity index (χ0) is 20.0. The highest BCUT2D eigenvalue weighted by molar-refractivity contribution is 5.79. The first-order valence-corrected chi connectivity index (χ1v) is 9.56. The third-order valence-electron chi connectivity index (χ3n) is 4.99. The van der Waals surface area contributed by atoms with Crippen LogP contribution in [0.1, 0.15) is 50.2 Å². The van der Waals surface area contributed by atoms with Crippen LogP contribution in [0.5, 0.6) is 0 Å². The van der Waals surface area contributed by atoms with Gasteiger partial charge in [0.1, 0.15) is 5.82 Å². The van der Waals surface area contributed by atoms with E-state index >= 15 is 0 Å². The quantitative estimate of drug-likeness (QED) is 0.578.